The third-order valence-corrected chi connectivity index (χ3v) is 2.91. The van der Waals surface area contributed by atoms with E-state index in [0.29, 0.717) is 5.56 Å². The summed E-state index contributed by atoms with van der Waals surface area (Å²) in [6.07, 6.45) is 0. The van der Waals surface area contributed by atoms with Crippen LogP contribution in [0, 0.1) is 0 Å². The molecule has 2 aromatic rings. The predicted octanol–water partition coefficient (Wildman–Crippen LogP) is 1.96. The minimum absolute atomic E-state index is 0.186. The van der Waals surface area contributed by atoms with Crippen molar-refractivity contribution in [2.75, 3.05) is 0 Å². The van der Waals surface area contributed by atoms with Crippen LogP contribution in [-0.2, 0) is 12.0 Å². The lowest BCUT2D eigenvalue weighted by Gasteiger charge is -2.17. The van der Waals surface area contributed by atoms with Crippen LogP contribution in [0.1, 0.15) is 32.0 Å². The first-order valence-electron chi connectivity index (χ1n) is 5.96. The fourth-order valence-electron chi connectivity index (χ4n) is 2.00. The molecule has 0 spiro atoms. The zero-order valence-electron chi connectivity index (χ0n) is 10.9. The van der Waals surface area contributed by atoms with E-state index in [4.69, 9.17) is 0 Å². The summed E-state index contributed by atoms with van der Waals surface area (Å²) in [5, 5.41) is 12.5. The summed E-state index contributed by atoms with van der Waals surface area (Å²) < 4.78 is 1.48. The van der Waals surface area contributed by atoms with Crippen molar-refractivity contribution in [3.05, 3.63) is 51.9 Å². The standard InChI is InChI=1S/C14H18N2O2/c1-14(2,3)12-11(9-17)13(18)16(15-12)10-7-5-4-6-8-10/h4-8,15,17H,9H2,1-3H3. The van der Waals surface area contributed by atoms with Crippen LogP contribution < -0.4 is 5.56 Å². The molecule has 0 aliphatic rings. The minimum atomic E-state index is -0.248. The Bertz CT molecular complexity index is 588. The topological polar surface area (TPSA) is 58.0 Å². The predicted molar refractivity (Wildman–Crippen MR) is 71.0 cm³/mol. The Balaban J connectivity index is 2.66. The molecule has 0 saturated heterocycles. The molecule has 0 aliphatic carbocycles. The molecule has 1 heterocycles. The molecule has 2 N–H and O–H groups in total. The van der Waals surface area contributed by atoms with Gasteiger partial charge in [-0.25, -0.2) is 4.68 Å². The number of H-pyrrole nitrogens is 1. The lowest BCUT2D eigenvalue weighted by Crippen LogP contribution is -2.18. The zero-order chi connectivity index (χ0) is 13.3. The fourth-order valence-corrected chi connectivity index (χ4v) is 2.00. The number of hydrogen-bond donors (Lipinski definition) is 2. The van der Waals surface area contributed by atoms with Crippen LogP contribution in [0.2, 0.25) is 0 Å². The first-order valence-corrected chi connectivity index (χ1v) is 5.96. The van der Waals surface area contributed by atoms with Gasteiger partial charge in [-0.3, -0.25) is 9.89 Å². The first-order chi connectivity index (χ1) is 8.45. The van der Waals surface area contributed by atoms with E-state index < -0.39 is 0 Å². The maximum absolute atomic E-state index is 12.2. The Kier molecular flexibility index (Phi) is 3.13. The molecular weight excluding hydrogens is 228 g/mol. The molecule has 0 unspecified atom stereocenters. The number of hydrogen-bond acceptors (Lipinski definition) is 2. The molecular formula is C14H18N2O2. The lowest BCUT2D eigenvalue weighted by atomic mass is 9.90. The number of rotatable bonds is 2. The molecule has 4 nitrogen and oxygen atoms in total. The van der Waals surface area contributed by atoms with E-state index in [1.807, 2.05) is 51.1 Å². The second-order valence-corrected chi connectivity index (χ2v) is 5.35. The highest BCUT2D eigenvalue weighted by atomic mass is 16.3. The van der Waals surface area contributed by atoms with Crippen molar-refractivity contribution < 1.29 is 5.11 Å². The number of aliphatic hydroxyl groups excluding tert-OH is 1. The first kappa shape index (κ1) is 12.6. The van der Waals surface area contributed by atoms with Crippen molar-refractivity contribution in [2.45, 2.75) is 32.8 Å². The smallest absolute Gasteiger partial charge is 0.277 e. The molecule has 1 aromatic carbocycles. The molecule has 0 atom stereocenters. The molecule has 2 rings (SSSR count). The van der Waals surface area contributed by atoms with Crippen LogP contribution >= 0.6 is 0 Å². The summed E-state index contributed by atoms with van der Waals surface area (Å²) in [6, 6.07) is 9.35. The number of benzene rings is 1. The van der Waals surface area contributed by atoms with Crippen molar-refractivity contribution in [3.63, 3.8) is 0 Å². The van der Waals surface area contributed by atoms with Crippen LogP contribution in [0.15, 0.2) is 35.1 Å². The molecule has 18 heavy (non-hydrogen) atoms. The molecule has 0 aliphatic heterocycles. The number of aromatic amines is 1. The maximum atomic E-state index is 12.2. The third kappa shape index (κ3) is 2.11. The third-order valence-electron chi connectivity index (χ3n) is 2.91. The van der Waals surface area contributed by atoms with Crippen molar-refractivity contribution in [3.8, 4) is 5.69 Å². The summed E-state index contributed by atoms with van der Waals surface area (Å²) in [5.41, 5.74) is 1.59. The molecule has 4 heteroatoms. The summed E-state index contributed by atoms with van der Waals surface area (Å²) in [5.74, 6) is 0. The summed E-state index contributed by atoms with van der Waals surface area (Å²) in [6.45, 7) is 5.77. The maximum Gasteiger partial charge on any atom is 0.277 e. The summed E-state index contributed by atoms with van der Waals surface area (Å²) in [7, 11) is 0. The monoisotopic (exact) mass is 246 g/mol. The number of aromatic nitrogens is 2. The van der Waals surface area contributed by atoms with E-state index >= 15 is 0 Å². The van der Waals surface area contributed by atoms with Gasteiger partial charge in [0.2, 0.25) is 0 Å². The van der Waals surface area contributed by atoms with Gasteiger partial charge in [0.15, 0.2) is 0 Å². The Morgan fingerprint density at radius 1 is 1.22 bits per heavy atom. The Hall–Kier alpha value is -1.81. The number of aliphatic hydroxyl groups is 1. The second-order valence-electron chi connectivity index (χ2n) is 5.35. The number of para-hydroxylation sites is 1. The van der Waals surface area contributed by atoms with E-state index in [1.54, 1.807) is 0 Å². The molecule has 0 bridgehead atoms. The summed E-state index contributed by atoms with van der Waals surface area (Å²) in [4.78, 5) is 12.2. The average Bonchev–Trinajstić information content (AvgIpc) is 2.67. The molecule has 96 valence electrons. The van der Waals surface area contributed by atoms with E-state index in [0.717, 1.165) is 11.4 Å². The zero-order valence-corrected chi connectivity index (χ0v) is 10.9. The van der Waals surface area contributed by atoms with Crippen LogP contribution in [0.25, 0.3) is 5.69 Å². The lowest BCUT2D eigenvalue weighted by molar-refractivity contribution is 0.277. The SMILES string of the molecule is CC(C)(C)c1[nH]n(-c2ccccc2)c(=O)c1CO. The average molecular weight is 246 g/mol. The highest BCUT2D eigenvalue weighted by molar-refractivity contribution is 5.34. The van der Waals surface area contributed by atoms with Gasteiger partial charge in [0.25, 0.3) is 5.56 Å². The Morgan fingerprint density at radius 2 is 1.83 bits per heavy atom. The number of nitrogens with zero attached hydrogens (tertiary/aromatic N) is 1. The van der Waals surface area contributed by atoms with Crippen molar-refractivity contribution >= 4 is 0 Å². The molecule has 0 amide bonds. The quantitative estimate of drug-likeness (QED) is 0.851. The van der Waals surface area contributed by atoms with Crippen molar-refractivity contribution in [2.24, 2.45) is 0 Å². The largest absolute Gasteiger partial charge is 0.391 e. The minimum Gasteiger partial charge on any atom is -0.391 e. The van der Waals surface area contributed by atoms with E-state index in [2.05, 4.69) is 5.10 Å². The second kappa shape index (κ2) is 4.46. The van der Waals surface area contributed by atoms with Gasteiger partial charge in [0.1, 0.15) is 0 Å². The Labute approximate surface area is 106 Å². The van der Waals surface area contributed by atoms with Gasteiger partial charge in [0, 0.05) is 11.1 Å². The van der Waals surface area contributed by atoms with Gasteiger partial charge >= 0.3 is 0 Å². The van der Waals surface area contributed by atoms with Gasteiger partial charge < -0.3 is 5.11 Å². The van der Waals surface area contributed by atoms with Gasteiger partial charge in [-0.15, -0.1) is 0 Å². The van der Waals surface area contributed by atoms with Crippen LogP contribution in [-0.4, -0.2) is 14.9 Å². The normalized spacial score (nSPS) is 11.8. The highest BCUT2D eigenvalue weighted by Gasteiger charge is 2.24. The van der Waals surface area contributed by atoms with E-state index in [9.17, 15) is 9.90 Å². The highest BCUT2D eigenvalue weighted by Crippen LogP contribution is 2.23. The fraction of sp³-hybridized carbons (Fsp3) is 0.357. The van der Waals surface area contributed by atoms with Crippen LogP contribution in [0.3, 0.4) is 0 Å². The molecule has 0 radical (unpaired) electrons. The molecule has 1 aromatic heterocycles. The number of nitrogens with one attached hydrogen (secondary N) is 1. The summed E-state index contributed by atoms with van der Waals surface area (Å²) >= 11 is 0. The Morgan fingerprint density at radius 3 is 2.28 bits per heavy atom. The van der Waals surface area contributed by atoms with Gasteiger partial charge in [-0.05, 0) is 12.1 Å². The molecule has 0 saturated carbocycles. The van der Waals surface area contributed by atoms with E-state index in [-0.39, 0.29) is 17.6 Å². The van der Waals surface area contributed by atoms with Crippen LogP contribution in [0.5, 0.6) is 0 Å². The van der Waals surface area contributed by atoms with Gasteiger partial charge in [0.05, 0.1) is 17.9 Å². The van der Waals surface area contributed by atoms with Gasteiger partial charge in [-0.1, -0.05) is 39.0 Å². The van der Waals surface area contributed by atoms with Crippen molar-refractivity contribution in [1.29, 1.82) is 0 Å². The molecule has 0 fully saturated rings. The van der Waals surface area contributed by atoms with E-state index in [1.165, 1.54) is 4.68 Å². The van der Waals surface area contributed by atoms with Crippen LogP contribution in [0.4, 0.5) is 0 Å². The van der Waals surface area contributed by atoms with Gasteiger partial charge in [-0.2, -0.15) is 0 Å². The van der Waals surface area contributed by atoms with Crippen molar-refractivity contribution in [1.82, 2.24) is 9.78 Å².